The van der Waals surface area contributed by atoms with Crippen LogP contribution in [0.2, 0.25) is 0 Å². The molecule has 1 saturated heterocycles. The van der Waals surface area contributed by atoms with E-state index in [-0.39, 0.29) is 12.5 Å². The zero-order valence-electron chi connectivity index (χ0n) is 11.2. The van der Waals surface area contributed by atoms with E-state index in [9.17, 15) is 4.79 Å². The van der Waals surface area contributed by atoms with Gasteiger partial charge >= 0.3 is 0 Å². The molecule has 104 valence electrons. The SMILES string of the molecule is O=C(CC1CCNCC1)NCc1cccc(CO)c1. The molecule has 0 radical (unpaired) electrons. The molecule has 1 amide bonds. The smallest absolute Gasteiger partial charge is 0.220 e. The Kier molecular flexibility index (Phi) is 5.36. The fraction of sp³-hybridized carbons (Fsp3) is 0.533. The fourth-order valence-electron chi connectivity index (χ4n) is 2.46. The van der Waals surface area contributed by atoms with Crippen LogP contribution < -0.4 is 10.6 Å². The van der Waals surface area contributed by atoms with Crippen molar-refractivity contribution in [3.8, 4) is 0 Å². The minimum Gasteiger partial charge on any atom is -0.392 e. The topological polar surface area (TPSA) is 61.4 Å². The van der Waals surface area contributed by atoms with E-state index in [1.54, 1.807) is 0 Å². The molecule has 0 aromatic heterocycles. The van der Waals surface area contributed by atoms with Gasteiger partial charge in [-0.1, -0.05) is 24.3 Å². The first-order valence-corrected chi connectivity index (χ1v) is 6.94. The molecular formula is C15H22N2O2. The molecule has 0 bridgehead atoms. The van der Waals surface area contributed by atoms with Crippen LogP contribution in [0, 0.1) is 5.92 Å². The van der Waals surface area contributed by atoms with E-state index in [1.807, 2.05) is 24.3 Å². The molecule has 1 aliphatic rings. The van der Waals surface area contributed by atoms with E-state index >= 15 is 0 Å². The number of piperidine rings is 1. The van der Waals surface area contributed by atoms with Gasteiger partial charge in [-0.05, 0) is 43.0 Å². The van der Waals surface area contributed by atoms with E-state index in [1.165, 1.54) is 0 Å². The second-order valence-electron chi connectivity index (χ2n) is 5.15. The van der Waals surface area contributed by atoms with Crippen LogP contribution in [0.3, 0.4) is 0 Å². The molecule has 2 rings (SSSR count). The maximum atomic E-state index is 11.9. The summed E-state index contributed by atoms with van der Waals surface area (Å²) in [5.41, 5.74) is 1.91. The lowest BCUT2D eigenvalue weighted by Gasteiger charge is -2.21. The first-order chi connectivity index (χ1) is 9.28. The summed E-state index contributed by atoms with van der Waals surface area (Å²) >= 11 is 0. The summed E-state index contributed by atoms with van der Waals surface area (Å²) in [6.07, 6.45) is 2.81. The Hall–Kier alpha value is -1.39. The van der Waals surface area contributed by atoms with Crippen molar-refractivity contribution in [2.45, 2.75) is 32.4 Å². The minimum atomic E-state index is 0.0386. The van der Waals surface area contributed by atoms with E-state index in [2.05, 4.69) is 10.6 Å². The van der Waals surface area contributed by atoms with Crippen LogP contribution in [0.15, 0.2) is 24.3 Å². The lowest BCUT2D eigenvalue weighted by atomic mass is 9.94. The predicted molar refractivity (Wildman–Crippen MR) is 74.4 cm³/mol. The second-order valence-corrected chi connectivity index (χ2v) is 5.15. The summed E-state index contributed by atoms with van der Waals surface area (Å²) in [4.78, 5) is 11.9. The maximum Gasteiger partial charge on any atom is 0.220 e. The van der Waals surface area contributed by atoms with Gasteiger partial charge in [-0.15, -0.1) is 0 Å². The molecule has 1 aromatic carbocycles. The third kappa shape index (κ3) is 4.65. The molecule has 1 aromatic rings. The van der Waals surface area contributed by atoms with Crippen molar-refractivity contribution in [1.82, 2.24) is 10.6 Å². The van der Waals surface area contributed by atoms with E-state index in [0.29, 0.717) is 18.9 Å². The van der Waals surface area contributed by atoms with Crippen molar-refractivity contribution in [2.24, 2.45) is 5.92 Å². The molecule has 4 nitrogen and oxygen atoms in total. The Labute approximate surface area is 114 Å². The van der Waals surface area contributed by atoms with Gasteiger partial charge in [0.2, 0.25) is 5.91 Å². The zero-order chi connectivity index (χ0) is 13.5. The van der Waals surface area contributed by atoms with Crippen molar-refractivity contribution in [3.05, 3.63) is 35.4 Å². The number of nitrogens with one attached hydrogen (secondary N) is 2. The molecule has 19 heavy (non-hydrogen) atoms. The summed E-state index contributed by atoms with van der Waals surface area (Å²) < 4.78 is 0. The molecular weight excluding hydrogens is 240 g/mol. The lowest BCUT2D eigenvalue weighted by Crippen LogP contribution is -2.32. The monoisotopic (exact) mass is 262 g/mol. The van der Waals surface area contributed by atoms with Gasteiger partial charge < -0.3 is 15.7 Å². The van der Waals surface area contributed by atoms with Crippen LogP contribution in [0.4, 0.5) is 0 Å². The molecule has 1 fully saturated rings. The number of rotatable bonds is 5. The van der Waals surface area contributed by atoms with Crippen LogP contribution in [-0.4, -0.2) is 24.1 Å². The Bertz CT molecular complexity index is 414. The van der Waals surface area contributed by atoms with Gasteiger partial charge in [0.15, 0.2) is 0 Å². The molecule has 1 aliphatic heterocycles. The van der Waals surface area contributed by atoms with E-state index in [0.717, 1.165) is 37.1 Å². The van der Waals surface area contributed by atoms with Gasteiger partial charge in [-0.25, -0.2) is 0 Å². The number of hydrogen-bond acceptors (Lipinski definition) is 3. The van der Waals surface area contributed by atoms with Crippen LogP contribution in [0.25, 0.3) is 0 Å². The third-order valence-electron chi connectivity index (χ3n) is 3.60. The number of hydrogen-bond donors (Lipinski definition) is 3. The third-order valence-corrected chi connectivity index (χ3v) is 3.60. The number of amides is 1. The fourth-order valence-corrected chi connectivity index (χ4v) is 2.46. The largest absolute Gasteiger partial charge is 0.392 e. The summed E-state index contributed by atoms with van der Waals surface area (Å²) in [7, 11) is 0. The first kappa shape index (κ1) is 14.0. The Morgan fingerprint density at radius 1 is 1.32 bits per heavy atom. The Balaban J connectivity index is 1.76. The van der Waals surface area contributed by atoms with Crippen molar-refractivity contribution in [2.75, 3.05) is 13.1 Å². The highest BCUT2D eigenvalue weighted by atomic mass is 16.3. The normalized spacial score (nSPS) is 16.3. The Morgan fingerprint density at radius 3 is 2.79 bits per heavy atom. The van der Waals surface area contributed by atoms with Gasteiger partial charge in [0, 0.05) is 13.0 Å². The van der Waals surface area contributed by atoms with Gasteiger partial charge in [0.05, 0.1) is 6.61 Å². The van der Waals surface area contributed by atoms with Crippen molar-refractivity contribution in [1.29, 1.82) is 0 Å². The average molecular weight is 262 g/mol. The zero-order valence-corrected chi connectivity index (χ0v) is 11.2. The molecule has 0 unspecified atom stereocenters. The standard InChI is InChI=1S/C15H22N2O2/c18-11-14-3-1-2-13(8-14)10-17-15(19)9-12-4-6-16-7-5-12/h1-3,8,12,16,18H,4-7,9-11H2,(H,17,19). The van der Waals surface area contributed by atoms with Crippen LogP contribution in [-0.2, 0) is 17.9 Å². The molecule has 0 aliphatic carbocycles. The van der Waals surface area contributed by atoms with Crippen molar-refractivity contribution in [3.63, 3.8) is 0 Å². The van der Waals surface area contributed by atoms with Gasteiger partial charge in [0.25, 0.3) is 0 Å². The highest BCUT2D eigenvalue weighted by molar-refractivity contribution is 5.76. The minimum absolute atomic E-state index is 0.0386. The summed E-state index contributed by atoms with van der Waals surface area (Å²) in [6, 6.07) is 7.66. The van der Waals surface area contributed by atoms with E-state index < -0.39 is 0 Å². The number of benzene rings is 1. The molecule has 0 spiro atoms. The molecule has 1 heterocycles. The number of carbonyl (C=O) groups excluding carboxylic acids is 1. The molecule has 3 N–H and O–H groups in total. The first-order valence-electron chi connectivity index (χ1n) is 6.94. The highest BCUT2D eigenvalue weighted by Crippen LogP contribution is 2.15. The van der Waals surface area contributed by atoms with Gasteiger partial charge in [-0.3, -0.25) is 4.79 Å². The maximum absolute atomic E-state index is 11.9. The van der Waals surface area contributed by atoms with Crippen LogP contribution >= 0.6 is 0 Å². The summed E-state index contributed by atoms with van der Waals surface area (Å²) in [6.45, 7) is 2.63. The quantitative estimate of drug-likeness (QED) is 0.747. The van der Waals surface area contributed by atoms with Crippen molar-refractivity contribution >= 4 is 5.91 Å². The predicted octanol–water partition coefficient (Wildman–Crippen LogP) is 1.18. The second kappa shape index (κ2) is 7.26. The summed E-state index contributed by atoms with van der Waals surface area (Å²) in [5.74, 6) is 0.645. The summed E-state index contributed by atoms with van der Waals surface area (Å²) in [5, 5.41) is 15.3. The van der Waals surface area contributed by atoms with Gasteiger partial charge in [0.1, 0.15) is 0 Å². The lowest BCUT2D eigenvalue weighted by molar-refractivity contribution is -0.122. The molecule has 4 heteroatoms. The van der Waals surface area contributed by atoms with E-state index in [4.69, 9.17) is 5.11 Å². The number of aliphatic hydroxyl groups excluding tert-OH is 1. The average Bonchev–Trinajstić information content (AvgIpc) is 2.46. The number of aliphatic hydroxyl groups is 1. The van der Waals surface area contributed by atoms with Gasteiger partial charge in [-0.2, -0.15) is 0 Å². The van der Waals surface area contributed by atoms with Crippen LogP contribution in [0.1, 0.15) is 30.4 Å². The molecule has 0 saturated carbocycles. The van der Waals surface area contributed by atoms with Crippen molar-refractivity contribution < 1.29 is 9.90 Å². The Morgan fingerprint density at radius 2 is 2.05 bits per heavy atom. The molecule has 0 atom stereocenters. The number of carbonyl (C=O) groups is 1. The highest BCUT2D eigenvalue weighted by Gasteiger charge is 2.16. The van der Waals surface area contributed by atoms with Crippen LogP contribution in [0.5, 0.6) is 0 Å².